The Morgan fingerprint density at radius 1 is 1.25 bits per heavy atom. The summed E-state index contributed by atoms with van der Waals surface area (Å²) >= 11 is 3.28. The van der Waals surface area contributed by atoms with Crippen molar-refractivity contribution in [2.24, 2.45) is 0 Å². The zero-order valence-corrected chi connectivity index (χ0v) is 13.8. The predicted molar refractivity (Wildman–Crippen MR) is 79.9 cm³/mol. The molecule has 5 nitrogen and oxygen atoms in total. The molecule has 0 aromatic carbocycles. The Balaban J connectivity index is 1.88. The van der Waals surface area contributed by atoms with Gasteiger partial charge < -0.3 is 0 Å². The van der Waals surface area contributed by atoms with E-state index in [1.807, 2.05) is 0 Å². The largest absolute Gasteiger partial charge is 0.299 e. The SMILES string of the molecule is CN1C2CCC1CN(S(=O)(=O)c1cncc(Br)c1)CC2. The minimum absolute atomic E-state index is 0.271. The first-order valence-electron chi connectivity index (χ1n) is 6.81. The molecule has 0 radical (unpaired) electrons. The van der Waals surface area contributed by atoms with Crippen LogP contribution in [0.2, 0.25) is 0 Å². The van der Waals surface area contributed by atoms with Crippen LogP contribution >= 0.6 is 15.9 Å². The van der Waals surface area contributed by atoms with Crippen molar-refractivity contribution in [2.75, 3.05) is 20.1 Å². The molecule has 2 aliphatic heterocycles. The zero-order valence-electron chi connectivity index (χ0n) is 11.4. The molecule has 3 rings (SSSR count). The van der Waals surface area contributed by atoms with E-state index in [0.29, 0.717) is 29.6 Å². The van der Waals surface area contributed by atoms with E-state index in [1.165, 1.54) is 12.6 Å². The molecule has 0 N–H and O–H groups in total. The van der Waals surface area contributed by atoms with E-state index in [-0.39, 0.29) is 4.90 Å². The van der Waals surface area contributed by atoms with Crippen molar-refractivity contribution in [2.45, 2.75) is 36.2 Å². The Morgan fingerprint density at radius 2 is 2.00 bits per heavy atom. The van der Waals surface area contributed by atoms with Gasteiger partial charge in [-0.15, -0.1) is 0 Å². The maximum absolute atomic E-state index is 12.7. The fraction of sp³-hybridized carbons (Fsp3) is 0.615. The Morgan fingerprint density at radius 3 is 2.75 bits per heavy atom. The Labute approximate surface area is 128 Å². The summed E-state index contributed by atoms with van der Waals surface area (Å²) in [7, 11) is -1.33. The van der Waals surface area contributed by atoms with Crippen LogP contribution in [0.3, 0.4) is 0 Å². The van der Waals surface area contributed by atoms with E-state index in [1.54, 1.807) is 16.6 Å². The number of hydrogen-bond acceptors (Lipinski definition) is 4. The average Bonchev–Trinajstić information content (AvgIpc) is 2.62. The van der Waals surface area contributed by atoms with Crippen LogP contribution in [0.1, 0.15) is 19.3 Å². The number of aromatic nitrogens is 1. The summed E-state index contributed by atoms with van der Waals surface area (Å²) in [5.41, 5.74) is 0. The number of rotatable bonds is 2. The van der Waals surface area contributed by atoms with Crippen molar-refractivity contribution in [3.63, 3.8) is 0 Å². The molecule has 0 aliphatic carbocycles. The van der Waals surface area contributed by atoms with Crippen molar-refractivity contribution >= 4 is 26.0 Å². The second-order valence-corrected chi connectivity index (χ2v) is 8.39. The third-order valence-corrected chi connectivity index (χ3v) is 6.69. The van der Waals surface area contributed by atoms with Crippen LogP contribution in [-0.2, 0) is 10.0 Å². The lowest BCUT2D eigenvalue weighted by Crippen LogP contribution is -2.39. The van der Waals surface area contributed by atoms with Gasteiger partial charge in [-0.3, -0.25) is 9.88 Å². The van der Waals surface area contributed by atoms with Gasteiger partial charge in [0.2, 0.25) is 10.0 Å². The zero-order chi connectivity index (χ0) is 14.3. The predicted octanol–water partition coefficient (Wildman–Crippen LogP) is 1.70. The summed E-state index contributed by atoms with van der Waals surface area (Å²) in [6.45, 7) is 1.18. The van der Waals surface area contributed by atoms with Crippen LogP contribution < -0.4 is 0 Å². The summed E-state index contributed by atoms with van der Waals surface area (Å²) in [6, 6.07) is 2.49. The molecule has 7 heteroatoms. The number of sulfonamides is 1. The molecule has 3 heterocycles. The van der Waals surface area contributed by atoms with E-state index >= 15 is 0 Å². The summed E-state index contributed by atoms with van der Waals surface area (Å²) in [6.07, 6.45) is 6.20. The molecular formula is C13H18BrN3O2S. The number of fused-ring (bicyclic) bond motifs is 2. The topological polar surface area (TPSA) is 53.5 Å². The summed E-state index contributed by atoms with van der Waals surface area (Å²) < 4.78 is 27.8. The summed E-state index contributed by atoms with van der Waals surface area (Å²) in [5, 5.41) is 0. The van der Waals surface area contributed by atoms with Crippen molar-refractivity contribution in [3.05, 3.63) is 22.9 Å². The van der Waals surface area contributed by atoms with E-state index in [0.717, 1.165) is 12.8 Å². The lowest BCUT2D eigenvalue weighted by Gasteiger charge is -2.25. The van der Waals surface area contributed by atoms with Crippen molar-refractivity contribution in [1.29, 1.82) is 0 Å². The molecule has 110 valence electrons. The second kappa shape index (κ2) is 5.36. The monoisotopic (exact) mass is 359 g/mol. The minimum atomic E-state index is -3.44. The van der Waals surface area contributed by atoms with Gasteiger partial charge in [-0.05, 0) is 48.3 Å². The molecule has 2 aliphatic rings. The second-order valence-electron chi connectivity index (χ2n) is 5.54. The van der Waals surface area contributed by atoms with Crippen LogP contribution in [-0.4, -0.2) is 54.8 Å². The number of nitrogens with zero attached hydrogens (tertiary/aromatic N) is 3. The molecule has 1 aromatic heterocycles. The van der Waals surface area contributed by atoms with Crippen LogP contribution in [0.25, 0.3) is 0 Å². The smallest absolute Gasteiger partial charge is 0.244 e. The van der Waals surface area contributed by atoms with E-state index in [9.17, 15) is 8.42 Å². The first-order chi connectivity index (χ1) is 9.48. The first kappa shape index (κ1) is 14.4. The highest BCUT2D eigenvalue weighted by molar-refractivity contribution is 9.10. The van der Waals surface area contributed by atoms with E-state index in [4.69, 9.17) is 0 Å². The summed E-state index contributed by atoms with van der Waals surface area (Å²) in [4.78, 5) is 6.58. The number of hydrogen-bond donors (Lipinski definition) is 0. The van der Waals surface area contributed by atoms with Gasteiger partial charge in [0.05, 0.1) is 0 Å². The first-order valence-corrected chi connectivity index (χ1v) is 9.04. The van der Waals surface area contributed by atoms with Gasteiger partial charge in [-0.25, -0.2) is 8.42 Å². The van der Waals surface area contributed by atoms with Crippen LogP contribution in [0.5, 0.6) is 0 Å². The fourth-order valence-electron chi connectivity index (χ4n) is 3.18. The molecule has 2 fully saturated rings. The standard InChI is InChI=1S/C13H18BrN3O2S/c1-16-11-2-3-12(16)9-17(5-4-11)20(18,19)13-6-10(14)7-15-8-13/h6-8,11-12H,2-5,9H2,1H3. The van der Waals surface area contributed by atoms with E-state index in [2.05, 4.69) is 32.9 Å². The fourth-order valence-corrected chi connectivity index (χ4v) is 5.18. The molecule has 1 aromatic rings. The molecule has 2 saturated heterocycles. The quantitative estimate of drug-likeness (QED) is 0.806. The highest BCUT2D eigenvalue weighted by Gasteiger charge is 2.38. The van der Waals surface area contributed by atoms with Crippen LogP contribution in [0, 0.1) is 0 Å². The Bertz CT molecular complexity index is 607. The normalized spacial score (nSPS) is 28.5. The molecule has 0 amide bonds. The molecule has 2 bridgehead atoms. The lowest BCUT2D eigenvalue weighted by atomic mass is 10.1. The maximum Gasteiger partial charge on any atom is 0.244 e. The van der Waals surface area contributed by atoms with Gasteiger partial charge in [-0.2, -0.15) is 4.31 Å². The van der Waals surface area contributed by atoms with Crippen molar-refractivity contribution < 1.29 is 8.42 Å². The highest BCUT2D eigenvalue weighted by atomic mass is 79.9. The maximum atomic E-state index is 12.7. The van der Waals surface area contributed by atoms with Crippen molar-refractivity contribution in [1.82, 2.24) is 14.2 Å². The van der Waals surface area contributed by atoms with Crippen molar-refractivity contribution in [3.8, 4) is 0 Å². The Kier molecular flexibility index (Phi) is 3.87. The van der Waals surface area contributed by atoms with Gasteiger partial charge >= 0.3 is 0 Å². The van der Waals surface area contributed by atoms with Gasteiger partial charge in [0.1, 0.15) is 4.90 Å². The van der Waals surface area contributed by atoms with Gasteiger partial charge in [-0.1, -0.05) is 0 Å². The van der Waals surface area contributed by atoms with E-state index < -0.39 is 10.0 Å². The minimum Gasteiger partial charge on any atom is -0.299 e. The van der Waals surface area contributed by atoms with Crippen LogP contribution in [0.15, 0.2) is 27.8 Å². The lowest BCUT2D eigenvalue weighted by molar-refractivity contribution is 0.246. The molecular weight excluding hydrogens is 342 g/mol. The van der Waals surface area contributed by atoms with Gasteiger partial charge in [0, 0.05) is 42.0 Å². The van der Waals surface area contributed by atoms with Gasteiger partial charge in [0.15, 0.2) is 0 Å². The number of likely N-dealkylation sites (N-methyl/N-ethyl adjacent to an activating group) is 1. The molecule has 20 heavy (non-hydrogen) atoms. The third kappa shape index (κ3) is 2.52. The molecule has 2 unspecified atom stereocenters. The average molecular weight is 360 g/mol. The van der Waals surface area contributed by atoms with Crippen LogP contribution in [0.4, 0.5) is 0 Å². The Hall–Kier alpha value is -0.500. The van der Waals surface area contributed by atoms with Gasteiger partial charge in [0.25, 0.3) is 0 Å². The molecule has 0 saturated carbocycles. The number of pyridine rings is 1. The number of halogens is 1. The molecule has 0 spiro atoms. The third-order valence-electron chi connectivity index (χ3n) is 4.43. The summed E-state index contributed by atoms with van der Waals surface area (Å²) in [5.74, 6) is 0. The molecule has 2 atom stereocenters. The highest BCUT2D eigenvalue weighted by Crippen LogP contribution is 2.31.